The average Bonchev–Trinajstić information content (AvgIpc) is 3.39. The number of benzene rings is 1. The molecule has 1 saturated heterocycles. The van der Waals surface area contributed by atoms with Crippen LogP contribution in [0.3, 0.4) is 0 Å². The number of carbonyl (C=O) groups excluding carboxylic acids is 4. The number of carbonyl (C=O) groups is 4. The van der Waals surface area contributed by atoms with Gasteiger partial charge in [0.05, 0.1) is 16.8 Å². The van der Waals surface area contributed by atoms with Crippen LogP contribution >= 0.6 is 0 Å². The highest BCUT2D eigenvalue weighted by Crippen LogP contribution is 2.52. The number of amides is 2. The minimum absolute atomic E-state index is 0.0402. The molecular weight excluding hydrogens is 380 g/mol. The smallest absolute Gasteiger partial charge is 0.329 e. The zero-order valence-electron chi connectivity index (χ0n) is 15.5. The van der Waals surface area contributed by atoms with Crippen molar-refractivity contribution in [1.82, 2.24) is 4.90 Å². The van der Waals surface area contributed by atoms with E-state index in [9.17, 15) is 29.3 Å². The number of ketones is 1. The van der Waals surface area contributed by atoms with Crippen molar-refractivity contribution < 1.29 is 28.8 Å². The molecule has 0 N–H and O–H groups in total. The number of nitrogens with zero attached hydrogens (tertiary/aromatic N) is 2. The highest BCUT2D eigenvalue weighted by Gasteiger charge is 2.60. The van der Waals surface area contributed by atoms with Gasteiger partial charge in [0.25, 0.3) is 5.69 Å². The Morgan fingerprint density at radius 1 is 1.14 bits per heavy atom. The summed E-state index contributed by atoms with van der Waals surface area (Å²) in [4.78, 5) is 61.0. The second kappa shape index (κ2) is 6.91. The number of nitro groups is 1. The molecule has 0 unspecified atom stereocenters. The summed E-state index contributed by atoms with van der Waals surface area (Å²) in [6.45, 7) is 0.821. The van der Waals surface area contributed by atoms with Crippen molar-refractivity contribution in [2.75, 3.05) is 6.61 Å². The lowest BCUT2D eigenvalue weighted by Gasteiger charge is -2.23. The second-order valence-electron chi connectivity index (χ2n) is 7.56. The maximum absolute atomic E-state index is 12.7. The fourth-order valence-electron chi connectivity index (χ4n) is 4.52. The number of nitro benzene ring substituents is 1. The van der Waals surface area contributed by atoms with Gasteiger partial charge in [0, 0.05) is 17.7 Å². The Balaban J connectivity index is 1.37. The Morgan fingerprint density at radius 2 is 1.69 bits per heavy atom. The zero-order valence-corrected chi connectivity index (χ0v) is 15.5. The van der Waals surface area contributed by atoms with Crippen molar-refractivity contribution in [2.45, 2.75) is 19.4 Å². The van der Waals surface area contributed by atoms with E-state index in [1.54, 1.807) is 0 Å². The van der Waals surface area contributed by atoms with Crippen LogP contribution in [-0.4, -0.2) is 46.0 Å². The van der Waals surface area contributed by atoms with E-state index in [1.165, 1.54) is 31.2 Å². The predicted octanol–water partition coefficient (Wildman–Crippen LogP) is 1.52. The summed E-state index contributed by atoms with van der Waals surface area (Å²) < 4.78 is 5.01. The first-order valence-corrected chi connectivity index (χ1v) is 9.29. The molecule has 0 spiro atoms. The molecule has 29 heavy (non-hydrogen) atoms. The molecule has 5 atom stereocenters. The molecule has 2 aliphatic carbocycles. The summed E-state index contributed by atoms with van der Waals surface area (Å²) in [5, 5.41) is 10.7. The first-order chi connectivity index (χ1) is 13.8. The van der Waals surface area contributed by atoms with E-state index in [1.807, 2.05) is 12.2 Å². The molecule has 9 heteroatoms. The van der Waals surface area contributed by atoms with Crippen LogP contribution < -0.4 is 0 Å². The largest absolute Gasteiger partial charge is 0.456 e. The molecule has 4 rings (SSSR count). The molecule has 2 fully saturated rings. The maximum atomic E-state index is 12.7. The summed E-state index contributed by atoms with van der Waals surface area (Å²) in [5.41, 5.74) is -0.00575. The molecule has 1 aliphatic heterocycles. The zero-order chi connectivity index (χ0) is 20.9. The molecule has 0 radical (unpaired) electrons. The van der Waals surface area contributed by atoms with Crippen molar-refractivity contribution in [1.29, 1.82) is 0 Å². The van der Waals surface area contributed by atoms with Crippen molar-refractivity contribution in [3.63, 3.8) is 0 Å². The van der Waals surface area contributed by atoms with Gasteiger partial charge in [-0.05, 0) is 37.3 Å². The Morgan fingerprint density at radius 3 is 2.21 bits per heavy atom. The third-order valence-corrected chi connectivity index (χ3v) is 5.98. The average molecular weight is 398 g/mol. The van der Waals surface area contributed by atoms with Crippen molar-refractivity contribution in [2.24, 2.45) is 23.7 Å². The van der Waals surface area contributed by atoms with E-state index in [4.69, 9.17) is 4.74 Å². The highest BCUT2D eigenvalue weighted by atomic mass is 16.6. The molecule has 1 aromatic carbocycles. The van der Waals surface area contributed by atoms with Crippen LogP contribution in [0.4, 0.5) is 5.69 Å². The molecule has 150 valence electrons. The van der Waals surface area contributed by atoms with Crippen LogP contribution in [0.15, 0.2) is 36.4 Å². The molecule has 0 aromatic heterocycles. The molecule has 1 saturated carbocycles. The third-order valence-electron chi connectivity index (χ3n) is 5.98. The van der Waals surface area contributed by atoms with E-state index in [2.05, 4.69) is 0 Å². The number of rotatable bonds is 6. The molecule has 1 aromatic rings. The summed E-state index contributed by atoms with van der Waals surface area (Å²) in [6.07, 6.45) is 4.72. The third kappa shape index (κ3) is 3.02. The maximum Gasteiger partial charge on any atom is 0.329 e. The van der Waals surface area contributed by atoms with Crippen LogP contribution in [0.1, 0.15) is 23.7 Å². The van der Waals surface area contributed by atoms with E-state index < -0.39 is 41.2 Å². The van der Waals surface area contributed by atoms with Crippen LogP contribution in [0.5, 0.6) is 0 Å². The summed E-state index contributed by atoms with van der Waals surface area (Å²) in [6, 6.07) is 3.79. The molecule has 2 bridgehead atoms. The minimum atomic E-state index is -1.12. The van der Waals surface area contributed by atoms with E-state index >= 15 is 0 Å². The number of non-ortho nitro benzene ring substituents is 1. The molecule has 3 aliphatic rings. The topological polar surface area (TPSA) is 124 Å². The lowest BCUT2D eigenvalue weighted by atomic mass is 9.85. The Bertz CT molecular complexity index is 922. The first-order valence-electron chi connectivity index (χ1n) is 9.29. The van der Waals surface area contributed by atoms with E-state index in [-0.39, 0.29) is 34.9 Å². The first kappa shape index (κ1) is 19.0. The fraction of sp³-hybridized carbons (Fsp3) is 0.400. The number of ether oxygens (including phenoxy) is 1. The number of hydrogen-bond donors (Lipinski definition) is 0. The normalized spacial score (nSPS) is 27.8. The second-order valence-corrected chi connectivity index (χ2v) is 7.56. The summed E-state index contributed by atoms with van der Waals surface area (Å²) in [5.74, 6) is -2.84. The van der Waals surface area contributed by atoms with Gasteiger partial charge in [0.1, 0.15) is 6.04 Å². The van der Waals surface area contributed by atoms with Crippen molar-refractivity contribution in [3.05, 3.63) is 52.1 Å². The van der Waals surface area contributed by atoms with Crippen LogP contribution in [0.2, 0.25) is 0 Å². The lowest BCUT2D eigenvalue weighted by molar-refractivity contribution is -0.384. The van der Waals surface area contributed by atoms with Gasteiger partial charge in [-0.25, -0.2) is 4.79 Å². The summed E-state index contributed by atoms with van der Waals surface area (Å²) >= 11 is 0. The highest BCUT2D eigenvalue weighted by molar-refractivity contribution is 6.09. The van der Waals surface area contributed by atoms with Gasteiger partial charge in [-0.15, -0.1) is 0 Å². The van der Waals surface area contributed by atoms with Gasteiger partial charge in [0.15, 0.2) is 12.4 Å². The molecule has 2 amide bonds. The number of likely N-dealkylation sites (tertiary alicyclic amines) is 1. The number of fused-ring (bicyclic) bond motifs is 5. The molecule has 1 heterocycles. The van der Waals surface area contributed by atoms with Gasteiger partial charge in [-0.2, -0.15) is 0 Å². The monoisotopic (exact) mass is 398 g/mol. The molecule has 9 nitrogen and oxygen atoms in total. The van der Waals surface area contributed by atoms with E-state index in [0.717, 1.165) is 11.3 Å². The quantitative estimate of drug-likeness (QED) is 0.178. The minimum Gasteiger partial charge on any atom is -0.456 e. The van der Waals surface area contributed by atoms with E-state index in [0.29, 0.717) is 0 Å². The van der Waals surface area contributed by atoms with Gasteiger partial charge >= 0.3 is 5.97 Å². The van der Waals surface area contributed by atoms with Crippen LogP contribution in [0.25, 0.3) is 0 Å². The Hall–Kier alpha value is -3.36. The number of esters is 1. The predicted molar refractivity (Wildman–Crippen MR) is 97.4 cm³/mol. The Kier molecular flexibility index (Phi) is 4.52. The van der Waals surface area contributed by atoms with Gasteiger partial charge in [-0.1, -0.05) is 12.2 Å². The van der Waals surface area contributed by atoms with Gasteiger partial charge < -0.3 is 4.74 Å². The summed E-state index contributed by atoms with van der Waals surface area (Å²) in [7, 11) is 0. The number of hydrogen-bond acceptors (Lipinski definition) is 7. The van der Waals surface area contributed by atoms with Crippen molar-refractivity contribution >= 4 is 29.3 Å². The molecular formula is C20H18N2O7. The van der Waals surface area contributed by atoms with Crippen LogP contribution in [0, 0.1) is 33.8 Å². The van der Waals surface area contributed by atoms with Crippen molar-refractivity contribution in [3.8, 4) is 0 Å². The standard InChI is InChI=1S/C20H18N2O7/c1-10(21-18(24)16-12-2-3-13(8-12)17(16)19(21)25)20(26)29-9-15(23)11-4-6-14(7-5-11)22(27)28/h2-7,10,12-13,16-17H,8-9H2,1H3/t10-,12+,13+,16+,17+/m1/s1. The number of allylic oxidation sites excluding steroid dienone is 2. The number of imide groups is 1. The Labute approximate surface area is 165 Å². The van der Waals surface area contributed by atoms with Crippen LogP contribution in [-0.2, 0) is 19.1 Å². The number of Topliss-reactive ketones (excluding diaryl/α,β-unsaturated/α-hetero) is 1. The SMILES string of the molecule is C[C@H](C(=O)OCC(=O)c1ccc([N+](=O)[O-])cc1)N1C(=O)[C@@H]2[C@@H](C1=O)[C@H]1C=C[C@H]2C1. The van der Waals surface area contributed by atoms with Gasteiger partial charge in [-0.3, -0.25) is 29.4 Å². The fourth-order valence-corrected chi connectivity index (χ4v) is 4.52. The van der Waals surface area contributed by atoms with Gasteiger partial charge in [0.2, 0.25) is 11.8 Å². The lowest BCUT2D eigenvalue weighted by Crippen LogP contribution is -2.45.